The number of methoxy groups -OCH3 is 1. The minimum absolute atomic E-state index is 0.101. The van der Waals surface area contributed by atoms with Crippen LogP contribution in [-0.4, -0.2) is 30.1 Å². The molecule has 0 spiro atoms. The van der Waals surface area contributed by atoms with Crippen LogP contribution in [0, 0.1) is 5.82 Å². The van der Waals surface area contributed by atoms with Gasteiger partial charge in [0.25, 0.3) is 5.91 Å². The van der Waals surface area contributed by atoms with Crippen LogP contribution in [0.1, 0.15) is 15.9 Å². The first-order chi connectivity index (χ1) is 10.4. The Labute approximate surface area is 132 Å². The number of aromatic hydroxyl groups is 1. The topological polar surface area (TPSA) is 49.8 Å². The maximum absolute atomic E-state index is 13.7. The van der Waals surface area contributed by atoms with Crippen LogP contribution in [0.4, 0.5) is 4.39 Å². The van der Waals surface area contributed by atoms with E-state index in [1.54, 1.807) is 13.1 Å². The highest BCUT2D eigenvalue weighted by molar-refractivity contribution is 6.31. The van der Waals surface area contributed by atoms with Crippen LogP contribution >= 0.6 is 11.6 Å². The van der Waals surface area contributed by atoms with Gasteiger partial charge in [0, 0.05) is 18.6 Å². The van der Waals surface area contributed by atoms with E-state index in [9.17, 15) is 14.3 Å². The van der Waals surface area contributed by atoms with Gasteiger partial charge in [-0.25, -0.2) is 4.39 Å². The molecule has 2 rings (SSSR count). The van der Waals surface area contributed by atoms with E-state index in [1.165, 1.54) is 42.3 Å². The predicted molar refractivity (Wildman–Crippen MR) is 81.9 cm³/mol. The number of benzene rings is 2. The summed E-state index contributed by atoms with van der Waals surface area (Å²) in [6, 6.07) is 8.72. The quantitative estimate of drug-likeness (QED) is 0.937. The number of phenols is 1. The maximum Gasteiger partial charge on any atom is 0.257 e. The minimum atomic E-state index is -0.494. The van der Waals surface area contributed by atoms with Crippen molar-refractivity contribution in [2.45, 2.75) is 6.54 Å². The number of nitrogens with zero attached hydrogens (tertiary/aromatic N) is 1. The Bertz CT molecular complexity index is 706. The van der Waals surface area contributed by atoms with Gasteiger partial charge in [-0.2, -0.15) is 0 Å². The van der Waals surface area contributed by atoms with Crippen LogP contribution in [0.25, 0.3) is 0 Å². The smallest absolute Gasteiger partial charge is 0.257 e. The van der Waals surface area contributed by atoms with Crippen LogP contribution < -0.4 is 4.74 Å². The highest BCUT2D eigenvalue weighted by Crippen LogP contribution is 2.24. The lowest BCUT2D eigenvalue weighted by Crippen LogP contribution is -2.26. The standard InChI is InChI=1S/C16H15ClFNO3/c1-19(9-10-3-6-15(22-2)13(18)7-10)16(21)12-8-11(17)4-5-14(12)20/h3-8,20H,9H2,1-2H3. The second-order valence-corrected chi connectivity index (χ2v) is 5.23. The summed E-state index contributed by atoms with van der Waals surface area (Å²) < 4.78 is 18.5. The van der Waals surface area contributed by atoms with Crippen LogP contribution in [-0.2, 0) is 6.54 Å². The van der Waals surface area contributed by atoms with Gasteiger partial charge in [-0.15, -0.1) is 0 Å². The minimum Gasteiger partial charge on any atom is -0.507 e. The molecule has 1 amide bonds. The summed E-state index contributed by atoms with van der Waals surface area (Å²) in [7, 11) is 2.94. The van der Waals surface area contributed by atoms with Gasteiger partial charge in [-0.3, -0.25) is 4.79 Å². The molecule has 4 nitrogen and oxygen atoms in total. The molecule has 1 N–H and O–H groups in total. The molecule has 0 unspecified atom stereocenters. The van der Waals surface area contributed by atoms with Gasteiger partial charge in [0.1, 0.15) is 5.75 Å². The van der Waals surface area contributed by atoms with E-state index in [-0.39, 0.29) is 23.6 Å². The maximum atomic E-state index is 13.7. The average Bonchev–Trinajstić information content (AvgIpc) is 2.49. The van der Waals surface area contributed by atoms with Gasteiger partial charge >= 0.3 is 0 Å². The Morgan fingerprint density at radius 2 is 2.05 bits per heavy atom. The van der Waals surface area contributed by atoms with Crippen LogP contribution in [0.5, 0.6) is 11.5 Å². The van der Waals surface area contributed by atoms with Crippen LogP contribution in [0.3, 0.4) is 0 Å². The third-order valence-electron chi connectivity index (χ3n) is 3.17. The van der Waals surface area contributed by atoms with Crippen molar-refractivity contribution in [2.24, 2.45) is 0 Å². The fourth-order valence-electron chi connectivity index (χ4n) is 2.04. The number of rotatable bonds is 4. The molecule has 22 heavy (non-hydrogen) atoms. The molecule has 0 saturated carbocycles. The van der Waals surface area contributed by atoms with Crippen LogP contribution in [0.15, 0.2) is 36.4 Å². The molecule has 2 aromatic rings. The van der Waals surface area contributed by atoms with Crippen molar-refractivity contribution in [3.05, 3.63) is 58.4 Å². The molecular weight excluding hydrogens is 309 g/mol. The van der Waals surface area contributed by atoms with E-state index in [0.717, 1.165) is 0 Å². The summed E-state index contributed by atoms with van der Waals surface area (Å²) in [5, 5.41) is 10.1. The van der Waals surface area contributed by atoms with Gasteiger partial charge < -0.3 is 14.7 Å². The lowest BCUT2D eigenvalue weighted by atomic mass is 10.1. The Hall–Kier alpha value is -2.27. The average molecular weight is 324 g/mol. The largest absolute Gasteiger partial charge is 0.507 e. The number of ether oxygens (including phenoxy) is 1. The molecule has 0 fully saturated rings. The Morgan fingerprint density at radius 1 is 1.32 bits per heavy atom. The van der Waals surface area contributed by atoms with E-state index in [1.807, 2.05) is 0 Å². The molecule has 0 radical (unpaired) electrons. The lowest BCUT2D eigenvalue weighted by Gasteiger charge is -2.18. The molecule has 2 aromatic carbocycles. The van der Waals surface area contributed by atoms with Crippen molar-refractivity contribution in [3.8, 4) is 11.5 Å². The van der Waals surface area contributed by atoms with Gasteiger partial charge in [0.2, 0.25) is 0 Å². The van der Waals surface area contributed by atoms with E-state index >= 15 is 0 Å². The number of carbonyl (C=O) groups excluding carboxylic acids is 1. The number of hydrogen-bond donors (Lipinski definition) is 1. The van der Waals surface area contributed by atoms with Crippen molar-refractivity contribution in [2.75, 3.05) is 14.2 Å². The number of halogens is 2. The van der Waals surface area contributed by atoms with Crippen molar-refractivity contribution in [3.63, 3.8) is 0 Å². The Morgan fingerprint density at radius 3 is 2.68 bits per heavy atom. The van der Waals surface area contributed by atoms with E-state index in [0.29, 0.717) is 10.6 Å². The number of carbonyl (C=O) groups is 1. The van der Waals surface area contributed by atoms with Crippen LogP contribution in [0.2, 0.25) is 5.02 Å². The molecule has 6 heteroatoms. The fraction of sp³-hybridized carbons (Fsp3) is 0.188. The molecular formula is C16H15ClFNO3. The van der Waals surface area contributed by atoms with E-state index < -0.39 is 11.7 Å². The first kappa shape index (κ1) is 16.1. The van der Waals surface area contributed by atoms with Crippen molar-refractivity contribution in [1.82, 2.24) is 4.90 Å². The number of phenolic OH excluding ortho intramolecular Hbond substituents is 1. The summed E-state index contributed by atoms with van der Waals surface area (Å²) in [6.45, 7) is 0.186. The summed E-state index contributed by atoms with van der Waals surface area (Å²) in [5.41, 5.74) is 0.708. The van der Waals surface area contributed by atoms with E-state index in [4.69, 9.17) is 16.3 Å². The third kappa shape index (κ3) is 3.49. The first-order valence-electron chi connectivity index (χ1n) is 6.48. The molecule has 0 heterocycles. The predicted octanol–water partition coefficient (Wildman–Crippen LogP) is 3.47. The van der Waals surface area contributed by atoms with Crippen molar-refractivity contribution < 1.29 is 19.0 Å². The summed E-state index contributed by atoms with van der Waals surface area (Å²) in [4.78, 5) is 13.7. The van der Waals surface area contributed by atoms with E-state index in [2.05, 4.69) is 0 Å². The van der Waals surface area contributed by atoms with Crippen molar-refractivity contribution >= 4 is 17.5 Å². The number of hydrogen-bond acceptors (Lipinski definition) is 3. The Balaban J connectivity index is 2.18. The second-order valence-electron chi connectivity index (χ2n) is 4.79. The molecule has 0 atom stereocenters. The fourth-order valence-corrected chi connectivity index (χ4v) is 2.21. The molecule has 0 saturated heterocycles. The zero-order valence-electron chi connectivity index (χ0n) is 12.1. The highest BCUT2D eigenvalue weighted by atomic mass is 35.5. The third-order valence-corrected chi connectivity index (χ3v) is 3.41. The van der Waals surface area contributed by atoms with Gasteiger partial charge in [-0.1, -0.05) is 17.7 Å². The molecule has 0 aromatic heterocycles. The lowest BCUT2D eigenvalue weighted by molar-refractivity contribution is 0.0782. The van der Waals surface area contributed by atoms with Gasteiger partial charge in [-0.05, 0) is 35.9 Å². The second kappa shape index (κ2) is 6.66. The Kier molecular flexibility index (Phi) is 4.88. The molecule has 0 bridgehead atoms. The van der Waals surface area contributed by atoms with Gasteiger partial charge in [0.15, 0.2) is 11.6 Å². The highest BCUT2D eigenvalue weighted by Gasteiger charge is 2.17. The summed E-state index contributed by atoms with van der Waals surface area (Å²) in [5.74, 6) is -0.907. The normalized spacial score (nSPS) is 10.4. The molecule has 0 aliphatic heterocycles. The number of amides is 1. The molecule has 0 aliphatic carbocycles. The summed E-state index contributed by atoms with van der Waals surface area (Å²) >= 11 is 5.83. The zero-order valence-corrected chi connectivity index (χ0v) is 12.9. The zero-order chi connectivity index (χ0) is 16.3. The van der Waals surface area contributed by atoms with Crippen molar-refractivity contribution in [1.29, 1.82) is 0 Å². The SMILES string of the molecule is COc1ccc(CN(C)C(=O)c2cc(Cl)ccc2O)cc1F. The van der Waals surface area contributed by atoms with Gasteiger partial charge in [0.05, 0.1) is 12.7 Å². The monoisotopic (exact) mass is 323 g/mol. The molecule has 116 valence electrons. The first-order valence-corrected chi connectivity index (χ1v) is 6.86. The summed E-state index contributed by atoms with van der Waals surface area (Å²) in [6.07, 6.45) is 0. The molecule has 0 aliphatic rings.